The van der Waals surface area contributed by atoms with Gasteiger partial charge in [-0.3, -0.25) is 4.79 Å². The molecule has 112 valence electrons. The molecule has 0 saturated carbocycles. The van der Waals surface area contributed by atoms with E-state index in [4.69, 9.17) is 21.1 Å². The fraction of sp³-hybridized carbons (Fsp3) is 0.267. The molecule has 5 nitrogen and oxygen atoms in total. The van der Waals surface area contributed by atoms with Crippen LogP contribution < -0.4 is 15.0 Å². The zero-order valence-electron chi connectivity index (χ0n) is 12.2. The van der Waals surface area contributed by atoms with Gasteiger partial charge in [0.25, 0.3) is 5.56 Å². The van der Waals surface area contributed by atoms with Gasteiger partial charge in [0.1, 0.15) is 11.5 Å². The quantitative estimate of drug-likeness (QED) is 0.947. The molecular formula is C15H16ClNO4. The fourth-order valence-corrected chi connectivity index (χ4v) is 2.29. The van der Waals surface area contributed by atoms with Gasteiger partial charge in [0.2, 0.25) is 0 Å². The molecule has 0 radical (unpaired) electrons. The lowest BCUT2D eigenvalue weighted by Crippen LogP contribution is -2.22. The molecule has 0 amide bonds. The topological polar surface area (TPSA) is 60.7 Å². The summed E-state index contributed by atoms with van der Waals surface area (Å²) in [6.45, 7) is 3.47. The molecule has 0 spiro atoms. The van der Waals surface area contributed by atoms with Crippen LogP contribution in [0.15, 0.2) is 23.0 Å². The second-order valence-electron chi connectivity index (χ2n) is 4.61. The van der Waals surface area contributed by atoms with Crippen molar-refractivity contribution in [2.75, 3.05) is 14.2 Å². The number of hydrogen-bond donors (Lipinski definition) is 1. The number of ether oxygens (including phenoxy) is 2. The Bertz CT molecular complexity index is 752. The predicted molar refractivity (Wildman–Crippen MR) is 81.3 cm³/mol. The van der Waals surface area contributed by atoms with E-state index in [1.54, 1.807) is 19.9 Å². The molecule has 2 rings (SSSR count). The highest BCUT2D eigenvalue weighted by atomic mass is 35.5. The first-order chi connectivity index (χ1) is 9.90. The first kappa shape index (κ1) is 15.3. The molecule has 6 heteroatoms. The highest BCUT2D eigenvalue weighted by Crippen LogP contribution is 2.35. The maximum atomic E-state index is 12.4. The number of aryl methyl sites for hydroxylation is 1. The van der Waals surface area contributed by atoms with Crippen LogP contribution >= 0.6 is 11.6 Å². The van der Waals surface area contributed by atoms with Crippen LogP contribution in [0.1, 0.15) is 11.1 Å². The van der Waals surface area contributed by atoms with Gasteiger partial charge in [-0.05, 0) is 19.4 Å². The third-order valence-corrected chi connectivity index (χ3v) is 3.68. The highest BCUT2D eigenvalue weighted by molar-refractivity contribution is 6.32. The summed E-state index contributed by atoms with van der Waals surface area (Å²) in [4.78, 5) is 12.4. The van der Waals surface area contributed by atoms with Gasteiger partial charge in [-0.1, -0.05) is 11.6 Å². The van der Waals surface area contributed by atoms with Crippen LogP contribution in [-0.2, 0) is 0 Å². The molecule has 1 heterocycles. The van der Waals surface area contributed by atoms with E-state index in [-0.39, 0.29) is 11.4 Å². The lowest BCUT2D eigenvalue weighted by Gasteiger charge is -2.16. The lowest BCUT2D eigenvalue weighted by atomic mass is 10.1. The molecule has 0 aliphatic heterocycles. The summed E-state index contributed by atoms with van der Waals surface area (Å²) in [6.07, 6.45) is 0. The van der Waals surface area contributed by atoms with Crippen LogP contribution in [0, 0.1) is 13.8 Å². The maximum absolute atomic E-state index is 12.4. The van der Waals surface area contributed by atoms with Gasteiger partial charge >= 0.3 is 0 Å². The molecular weight excluding hydrogens is 294 g/mol. The number of pyridine rings is 1. The summed E-state index contributed by atoms with van der Waals surface area (Å²) >= 11 is 6.05. The van der Waals surface area contributed by atoms with E-state index < -0.39 is 0 Å². The van der Waals surface area contributed by atoms with Gasteiger partial charge in [0.15, 0.2) is 5.88 Å². The van der Waals surface area contributed by atoms with Gasteiger partial charge in [-0.2, -0.15) is 0 Å². The third kappa shape index (κ3) is 2.56. The number of halogens is 1. The summed E-state index contributed by atoms with van der Waals surface area (Å²) in [6, 6.07) is 4.62. The van der Waals surface area contributed by atoms with Crippen molar-refractivity contribution >= 4 is 11.6 Å². The van der Waals surface area contributed by atoms with E-state index in [0.717, 1.165) is 0 Å². The minimum absolute atomic E-state index is 0.175. The van der Waals surface area contributed by atoms with Crippen molar-refractivity contribution in [3.63, 3.8) is 0 Å². The molecule has 21 heavy (non-hydrogen) atoms. The normalized spacial score (nSPS) is 10.5. The summed E-state index contributed by atoms with van der Waals surface area (Å²) in [5.41, 5.74) is 1.30. The minimum Gasteiger partial charge on any atom is -0.495 e. The molecule has 2 aromatic rings. The summed E-state index contributed by atoms with van der Waals surface area (Å²) < 4.78 is 11.6. The highest BCUT2D eigenvalue weighted by Gasteiger charge is 2.17. The molecule has 0 unspecified atom stereocenters. The molecule has 1 aromatic heterocycles. The zero-order chi connectivity index (χ0) is 15.7. The van der Waals surface area contributed by atoms with Crippen molar-refractivity contribution in [3.05, 3.63) is 44.7 Å². The van der Waals surface area contributed by atoms with E-state index in [9.17, 15) is 9.90 Å². The van der Waals surface area contributed by atoms with Gasteiger partial charge in [-0.15, -0.1) is 0 Å². The van der Waals surface area contributed by atoms with E-state index in [0.29, 0.717) is 33.3 Å². The van der Waals surface area contributed by atoms with E-state index in [1.165, 1.54) is 30.9 Å². The third-order valence-electron chi connectivity index (χ3n) is 3.38. The summed E-state index contributed by atoms with van der Waals surface area (Å²) in [5.74, 6) is 0.573. The molecule has 1 aromatic carbocycles. The smallest absolute Gasteiger partial charge is 0.261 e. The monoisotopic (exact) mass is 309 g/mol. The van der Waals surface area contributed by atoms with E-state index in [1.807, 2.05) is 0 Å². The van der Waals surface area contributed by atoms with Crippen molar-refractivity contribution in [1.82, 2.24) is 4.57 Å². The zero-order valence-corrected chi connectivity index (χ0v) is 13.0. The Morgan fingerprint density at radius 1 is 1.10 bits per heavy atom. The Morgan fingerprint density at radius 2 is 1.71 bits per heavy atom. The first-order valence-electron chi connectivity index (χ1n) is 6.24. The van der Waals surface area contributed by atoms with E-state index in [2.05, 4.69) is 0 Å². The Labute approximate surface area is 127 Å². The van der Waals surface area contributed by atoms with Gasteiger partial charge in [0, 0.05) is 23.8 Å². The molecule has 0 atom stereocenters. The number of rotatable bonds is 3. The Hall–Kier alpha value is -2.14. The van der Waals surface area contributed by atoms with Crippen LogP contribution in [-0.4, -0.2) is 23.9 Å². The number of benzene rings is 1. The maximum Gasteiger partial charge on any atom is 0.261 e. The summed E-state index contributed by atoms with van der Waals surface area (Å²) in [5, 5.41) is 10.5. The van der Waals surface area contributed by atoms with Crippen LogP contribution in [0.25, 0.3) is 5.69 Å². The Kier molecular flexibility index (Phi) is 4.14. The second kappa shape index (κ2) is 5.69. The molecule has 0 bridgehead atoms. The van der Waals surface area contributed by atoms with Crippen molar-refractivity contribution in [2.45, 2.75) is 13.8 Å². The average molecular weight is 310 g/mol. The Balaban J connectivity index is 2.84. The van der Waals surface area contributed by atoms with E-state index >= 15 is 0 Å². The lowest BCUT2D eigenvalue weighted by molar-refractivity contribution is 0.395. The van der Waals surface area contributed by atoms with Crippen LogP contribution in [0.2, 0.25) is 5.02 Å². The van der Waals surface area contributed by atoms with Crippen LogP contribution in [0.5, 0.6) is 17.4 Å². The number of nitrogens with zero attached hydrogens (tertiary/aromatic N) is 1. The molecule has 0 aliphatic rings. The number of aromatic hydroxyl groups is 1. The largest absolute Gasteiger partial charge is 0.495 e. The van der Waals surface area contributed by atoms with Crippen molar-refractivity contribution in [2.24, 2.45) is 0 Å². The van der Waals surface area contributed by atoms with Crippen molar-refractivity contribution in [1.29, 1.82) is 0 Å². The molecule has 1 N–H and O–H groups in total. The first-order valence-corrected chi connectivity index (χ1v) is 6.62. The van der Waals surface area contributed by atoms with Gasteiger partial charge in [0.05, 0.1) is 24.9 Å². The number of hydrogen-bond acceptors (Lipinski definition) is 4. The standard InChI is InChI=1S/C15H16ClNO4/c1-8-5-14(18)17(15(19)9(8)2)11-7-12(20-3)10(16)6-13(11)21-4/h5-7,18H,1-4H3. The number of methoxy groups -OCH3 is 2. The number of aromatic nitrogens is 1. The second-order valence-corrected chi connectivity index (χ2v) is 5.02. The minimum atomic E-state index is -0.324. The van der Waals surface area contributed by atoms with Crippen LogP contribution in [0.4, 0.5) is 0 Å². The van der Waals surface area contributed by atoms with Gasteiger partial charge in [-0.25, -0.2) is 4.57 Å². The van der Waals surface area contributed by atoms with Gasteiger partial charge < -0.3 is 14.6 Å². The molecule has 0 fully saturated rings. The average Bonchev–Trinajstić information content (AvgIpc) is 2.45. The van der Waals surface area contributed by atoms with Crippen molar-refractivity contribution in [3.8, 4) is 23.1 Å². The molecule has 0 aliphatic carbocycles. The van der Waals surface area contributed by atoms with Crippen LogP contribution in [0.3, 0.4) is 0 Å². The summed E-state index contributed by atoms with van der Waals surface area (Å²) in [7, 11) is 2.94. The molecule has 0 saturated heterocycles. The SMILES string of the molecule is COc1cc(-n2c(O)cc(C)c(C)c2=O)c(OC)cc1Cl. The fourth-order valence-electron chi connectivity index (χ4n) is 2.06. The Morgan fingerprint density at radius 3 is 2.29 bits per heavy atom. The predicted octanol–water partition coefficient (Wildman–Crippen LogP) is 2.83. The van der Waals surface area contributed by atoms with Crippen molar-refractivity contribution < 1.29 is 14.6 Å².